The molecule has 3 heterocycles. The Morgan fingerprint density at radius 2 is 1.85 bits per heavy atom. The molecule has 0 aliphatic carbocycles. The zero-order valence-electron chi connectivity index (χ0n) is 22.2. The van der Waals surface area contributed by atoms with E-state index in [-0.39, 0.29) is 30.7 Å². The Morgan fingerprint density at radius 3 is 2.55 bits per heavy atom. The number of unbranched alkanes of at least 4 members (excludes halogenated alkanes) is 1. The third-order valence-corrected chi connectivity index (χ3v) is 8.37. The summed E-state index contributed by atoms with van der Waals surface area (Å²) in [5.74, 6) is -0.313. The van der Waals surface area contributed by atoms with Gasteiger partial charge in [-0.1, -0.05) is 17.7 Å². The van der Waals surface area contributed by atoms with Gasteiger partial charge >= 0.3 is 0 Å². The van der Waals surface area contributed by atoms with Crippen molar-refractivity contribution in [3.05, 3.63) is 75.6 Å². The monoisotopic (exact) mass is 562 g/mol. The Kier molecular flexibility index (Phi) is 8.08. The maximum absolute atomic E-state index is 13.0. The number of rotatable bonds is 8. The second kappa shape index (κ2) is 11.7. The summed E-state index contributed by atoms with van der Waals surface area (Å²) in [5, 5.41) is 2.95. The number of amides is 4. The van der Waals surface area contributed by atoms with Crippen LogP contribution in [0.4, 0.5) is 0 Å². The lowest BCUT2D eigenvalue weighted by atomic mass is 9.81. The van der Waals surface area contributed by atoms with Gasteiger partial charge in [0.2, 0.25) is 17.7 Å². The molecular weight excluding hydrogens is 532 g/mol. The number of hydrogen-bond acceptors (Lipinski definition) is 5. The second-order valence-corrected chi connectivity index (χ2v) is 11.0. The number of halogens is 1. The number of carbonyl (C=O) groups is 4. The van der Waals surface area contributed by atoms with Crippen LogP contribution < -0.4 is 10.1 Å². The van der Waals surface area contributed by atoms with Gasteiger partial charge in [-0.25, -0.2) is 6.57 Å². The van der Waals surface area contributed by atoms with Gasteiger partial charge < -0.3 is 19.4 Å². The van der Waals surface area contributed by atoms with Crippen LogP contribution >= 0.6 is 11.6 Å². The molecule has 10 heteroatoms. The Hall–Kier alpha value is -3.90. The number of likely N-dealkylation sites (tertiary alicyclic amines) is 1. The van der Waals surface area contributed by atoms with Crippen molar-refractivity contribution in [3.63, 3.8) is 0 Å². The first-order valence-corrected chi connectivity index (χ1v) is 14.0. The minimum Gasteiger partial charge on any atom is -0.493 e. The van der Waals surface area contributed by atoms with Crippen LogP contribution in [0.1, 0.15) is 66.4 Å². The maximum Gasteiger partial charge on any atom is 0.260 e. The highest BCUT2D eigenvalue weighted by atomic mass is 35.5. The lowest BCUT2D eigenvalue weighted by molar-refractivity contribution is -0.137. The van der Waals surface area contributed by atoms with Gasteiger partial charge in [-0.05, 0) is 55.7 Å². The van der Waals surface area contributed by atoms with Gasteiger partial charge in [0, 0.05) is 60.5 Å². The molecule has 3 aliphatic heterocycles. The standard InChI is InChI=1S/C30H31ClN4O5/c1-32-30(20-8-10-21(31)11-9-20)14-16-34(17-15-30)27(37)7-2-3-18-40-25-6-4-5-22-23(25)19-35(29(22)39)24-12-13-26(36)33-28(24)38/h4-6,8-11,24H,2-3,7,12-19H2,(H,33,36,38). The Morgan fingerprint density at radius 1 is 1.10 bits per heavy atom. The van der Waals surface area contributed by atoms with Gasteiger partial charge in [0.1, 0.15) is 11.8 Å². The molecule has 3 aliphatic rings. The topological polar surface area (TPSA) is 100 Å². The van der Waals surface area contributed by atoms with Gasteiger partial charge in [-0.15, -0.1) is 0 Å². The molecule has 2 fully saturated rings. The molecule has 1 atom stereocenters. The van der Waals surface area contributed by atoms with Crippen molar-refractivity contribution in [1.29, 1.82) is 0 Å². The normalized spacial score (nSPS) is 20.1. The first-order valence-electron chi connectivity index (χ1n) is 13.6. The van der Waals surface area contributed by atoms with Crippen molar-refractivity contribution in [2.24, 2.45) is 0 Å². The first-order chi connectivity index (χ1) is 19.3. The number of nitrogens with zero attached hydrogens (tertiary/aromatic N) is 3. The molecule has 0 radical (unpaired) electrons. The number of fused-ring (bicyclic) bond motifs is 1. The molecule has 2 aromatic rings. The minimum absolute atomic E-state index is 0.0840. The predicted octanol–water partition coefficient (Wildman–Crippen LogP) is 4.09. The molecule has 1 N–H and O–H groups in total. The van der Waals surface area contributed by atoms with Crippen LogP contribution in [0.2, 0.25) is 5.02 Å². The Labute approximate surface area is 238 Å². The quantitative estimate of drug-likeness (QED) is 0.297. The van der Waals surface area contributed by atoms with E-state index in [1.807, 2.05) is 23.1 Å². The first kappa shape index (κ1) is 27.7. The summed E-state index contributed by atoms with van der Waals surface area (Å²) in [7, 11) is 0. The average molecular weight is 563 g/mol. The van der Waals surface area contributed by atoms with E-state index in [1.54, 1.807) is 24.3 Å². The Bertz CT molecular complexity index is 1360. The number of benzene rings is 2. The summed E-state index contributed by atoms with van der Waals surface area (Å²) in [5.41, 5.74) is 1.59. The highest BCUT2D eigenvalue weighted by molar-refractivity contribution is 6.30. The van der Waals surface area contributed by atoms with E-state index in [0.717, 1.165) is 11.1 Å². The van der Waals surface area contributed by atoms with Crippen LogP contribution in [-0.4, -0.2) is 59.2 Å². The fraction of sp³-hybridized carbons (Fsp3) is 0.433. The summed E-state index contributed by atoms with van der Waals surface area (Å²) in [6.07, 6.45) is 3.46. The summed E-state index contributed by atoms with van der Waals surface area (Å²) in [6, 6.07) is 12.0. The van der Waals surface area contributed by atoms with Crippen LogP contribution in [-0.2, 0) is 26.5 Å². The van der Waals surface area contributed by atoms with E-state index in [0.29, 0.717) is 74.6 Å². The SMILES string of the molecule is [C-]#[N+]C1(c2ccc(Cl)cc2)CCN(C(=O)CCCCOc2cccc3c2CN(C2CCC(=O)NC2=O)C3=O)CC1. The summed E-state index contributed by atoms with van der Waals surface area (Å²) in [4.78, 5) is 56.9. The van der Waals surface area contributed by atoms with Crippen LogP contribution in [0.5, 0.6) is 5.75 Å². The smallest absolute Gasteiger partial charge is 0.260 e. The molecule has 0 saturated carbocycles. The van der Waals surface area contributed by atoms with E-state index in [9.17, 15) is 19.2 Å². The number of hydrogen-bond donors (Lipinski definition) is 1. The largest absolute Gasteiger partial charge is 0.493 e. The zero-order valence-corrected chi connectivity index (χ0v) is 22.9. The summed E-state index contributed by atoms with van der Waals surface area (Å²) in [6.45, 7) is 9.55. The fourth-order valence-corrected chi connectivity index (χ4v) is 5.89. The predicted molar refractivity (Wildman–Crippen MR) is 147 cm³/mol. The maximum atomic E-state index is 13.0. The Balaban J connectivity index is 1.08. The molecule has 1 unspecified atom stereocenters. The molecule has 2 aromatic carbocycles. The third kappa shape index (κ3) is 5.54. The highest BCUT2D eigenvalue weighted by Crippen LogP contribution is 2.38. The lowest BCUT2D eigenvalue weighted by Gasteiger charge is -2.34. The van der Waals surface area contributed by atoms with Crippen LogP contribution in [0.25, 0.3) is 4.85 Å². The molecule has 0 bridgehead atoms. The average Bonchev–Trinajstić information content (AvgIpc) is 3.30. The van der Waals surface area contributed by atoms with Crippen molar-refractivity contribution in [2.45, 2.75) is 63.1 Å². The molecule has 4 amide bonds. The molecule has 5 rings (SSSR count). The van der Waals surface area contributed by atoms with Crippen LogP contribution in [0.15, 0.2) is 42.5 Å². The summed E-state index contributed by atoms with van der Waals surface area (Å²) >= 11 is 6.01. The van der Waals surface area contributed by atoms with Gasteiger partial charge in [-0.2, -0.15) is 0 Å². The van der Waals surface area contributed by atoms with E-state index < -0.39 is 17.5 Å². The van der Waals surface area contributed by atoms with Crippen molar-refractivity contribution in [2.75, 3.05) is 19.7 Å². The number of piperidine rings is 2. The number of carbonyl (C=O) groups excluding carboxylic acids is 4. The van der Waals surface area contributed by atoms with E-state index in [4.69, 9.17) is 22.9 Å². The second-order valence-electron chi connectivity index (χ2n) is 10.5. The number of imide groups is 1. The van der Waals surface area contributed by atoms with Gasteiger partial charge in [0.25, 0.3) is 11.4 Å². The molecule has 2 saturated heterocycles. The van der Waals surface area contributed by atoms with Crippen molar-refractivity contribution < 1.29 is 23.9 Å². The van der Waals surface area contributed by atoms with E-state index in [2.05, 4.69) is 10.2 Å². The van der Waals surface area contributed by atoms with Gasteiger partial charge in [-0.3, -0.25) is 24.5 Å². The molecular formula is C30H31ClN4O5. The minimum atomic E-state index is -0.669. The molecule has 40 heavy (non-hydrogen) atoms. The van der Waals surface area contributed by atoms with Crippen LogP contribution in [0, 0.1) is 6.57 Å². The lowest BCUT2D eigenvalue weighted by Crippen LogP contribution is -2.52. The molecule has 0 aromatic heterocycles. The van der Waals surface area contributed by atoms with Crippen molar-refractivity contribution in [3.8, 4) is 5.75 Å². The van der Waals surface area contributed by atoms with E-state index >= 15 is 0 Å². The molecule has 0 spiro atoms. The van der Waals surface area contributed by atoms with Gasteiger partial charge in [0.05, 0.1) is 13.2 Å². The van der Waals surface area contributed by atoms with Crippen molar-refractivity contribution >= 4 is 35.2 Å². The third-order valence-electron chi connectivity index (χ3n) is 8.12. The summed E-state index contributed by atoms with van der Waals surface area (Å²) < 4.78 is 6.00. The molecule has 9 nitrogen and oxygen atoms in total. The van der Waals surface area contributed by atoms with Crippen LogP contribution in [0.3, 0.4) is 0 Å². The van der Waals surface area contributed by atoms with E-state index in [1.165, 1.54) is 4.90 Å². The molecule has 208 valence electrons. The zero-order chi connectivity index (χ0) is 28.3. The van der Waals surface area contributed by atoms with Gasteiger partial charge in [0.15, 0.2) is 0 Å². The number of ether oxygens (including phenoxy) is 1. The fourth-order valence-electron chi connectivity index (χ4n) is 5.76. The highest BCUT2D eigenvalue weighted by Gasteiger charge is 2.43. The van der Waals surface area contributed by atoms with Crippen molar-refractivity contribution in [1.82, 2.24) is 15.1 Å². The number of nitrogens with one attached hydrogen (secondary N) is 1.